The summed E-state index contributed by atoms with van der Waals surface area (Å²) in [5.41, 5.74) is 1.18. The summed E-state index contributed by atoms with van der Waals surface area (Å²) in [7, 11) is 0. The van der Waals surface area contributed by atoms with Crippen LogP contribution in [0, 0.1) is 0 Å². The van der Waals surface area contributed by atoms with Crippen LogP contribution in [0.15, 0.2) is 16.7 Å². The summed E-state index contributed by atoms with van der Waals surface area (Å²) < 4.78 is 16.1. The van der Waals surface area contributed by atoms with E-state index in [1.54, 1.807) is 6.26 Å². The van der Waals surface area contributed by atoms with E-state index in [0.717, 1.165) is 31.9 Å². The molecule has 98 valence electrons. The summed E-state index contributed by atoms with van der Waals surface area (Å²) >= 11 is 0. The van der Waals surface area contributed by atoms with Gasteiger partial charge in [0.15, 0.2) is 0 Å². The Kier molecular flexibility index (Phi) is 7.71. The van der Waals surface area contributed by atoms with Crippen LogP contribution >= 0.6 is 0 Å². The van der Waals surface area contributed by atoms with E-state index in [4.69, 9.17) is 13.9 Å². The van der Waals surface area contributed by atoms with Crippen molar-refractivity contribution in [2.24, 2.45) is 0 Å². The molecule has 4 heteroatoms. The van der Waals surface area contributed by atoms with E-state index in [2.05, 4.69) is 12.2 Å². The van der Waals surface area contributed by atoms with Crippen LogP contribution in [0.2, 0.25) is 0 Å². The van der Waals surface area contributed by atoms with E-state index >= 15 is 0 Å². The molecular weight excluding hydrogens is 218 g/mol. The monoisotopic (exact) mass is 241 g/mol. The first kappa shape index (κ1) is 14.2. The van der Waals surface area contributed by atoms with Crippen LogP contribution in [0.5, 0.6) is 0 Å². The fraction of sp³-hybridized carbons (Fsp3) is 0.692. The zero-order chi connectivity index (χ0) is 12.3. The van der Waals surface area contributed by atoms with Gasteiger partial charge in [0.05, 0.1) is 19.5 Å². The molecule has 1 rings (SSSR count). The zero-order valence-electron chi connectivity index (χ0n) is 10.8. The van der Waals surface area contributed by atoms with Gasteiger partial charge in [0.2, 0.25) is 0 Å². The number of rotatable bonds is 10. The molecule has 1 aromatic heterocycles. The Morgan fingerprint density at radius 3 is 2.82 bits per heavy atom. The lowest BCUT2D eigenvalue weighted by molar-refractivity contribution is 0.0387. The van der Waals surface area contributed by atoms with Crippen molar-refractivity contribution < 1.29 is 13.9 Å². The van der Waals surface area contributed by atoms with Crippen molar-refractivity contribution in [3.63, 3.8) is 0 Å². The van der Waals surface area contributed by atoms with Gasteiger partial charge in [0.1, 0.15) is 12.4 Å². The smallest absolute Gasteiger partial charge is 0.133 e. The van der Waals surface area contributed by atoms with Gasteiger partial charge in [0.25, 0.3) is 0 Å². The normalized spacial score (nSPS) is 10.9. The molecule has 0 bridgehead atoms. The molecule has 0 aliphatic rings. The maximum Gasteiger partial charge on any atom is 0.133 e. The lowest BCUT2D eigenvalue weighted by Gasteiger charge is -2.05. The van der Waals surface area contributed by atoms with Crippen LogP contribution in [-0.4, -0.2) is 26.4 Å². The van der Waals surface area contributed by atoms with Crippen molar-refractivity contribution in [3.8, 4) is 0 Å². The third-order valence-electron chi connectivity index (χ3n) is 2.39. The Balaban J connectivity index is 2.20. The minimum absolute atomic E-state index is 0.517. The highest BCUT2D eigenvalue weighted by Crippen LogP contribution is 2.11. The average molecular weight is 241 g/mol. The molecule has 0 aliphatic carbocycles. The summed E-state index contributed by atoms with van der Waals surface area (Å²) in [5.74, 6) is 0.908. The van der Waals surface area contributed by atoms with E-state index in [9.17, 15) is 0 Å². The van der Waals surface area contributed by atoms with Crippen molar-refractivity contribution in [1.29, 1.82) is 0 Å². The van der Waals surface area contributed by atoms with Crippen molar-refractivity contribution in [2.45, 2.75) is 33.4 Å². The highest BCUT2D eigenvalue weighted by molar-refractivity contribution is 5.16. The van der Waals surface area contributed by atoms with Gasteiger partial charge in [-0.15, -0.1) is 0 Å². The first-order valence-electron chi connectivity index (χ1n) is 6.29. The number of nitrogens with one attached hydrogen (secondary N) is 1. The Morgan fingerprint density at radius 1 is 1.24 bits per heavy atom. The van der Waals surface area contributed by atoms with Gasteiger partial charge < -0.3 is 19.2 Å². The summed E-state index contributed by atoms with van der Waals surface area (Å²) in [6.07, 6.45) is 2.85. The Bertz CT molecular complexity index is 286. The Labute approximate surface area is 103 Å². The second-order valence-electron chi connectivity index (χ2n) is 3.80. The van der Waals surface area contributed by atoms with E-state index in [1.807, 2.05) is 13.0 Å². The molecular formula is C13H23NO3. The van der Waals surface area contributed by atoms with Gasteiger partial charge >= 0.3 is 0 Å². The van der Waals surface area contributed by atoms with Crippen molar-refractivity contribution in [1.82, 2.24) is 5.32 Å². The highest BCUT2D eigenvalue weighted by atomic mass is 16.5. The predicted octanol–water partition coefficient (Wildman–Crippen LogP) is 2.33. The SMILES string of the molecule is CCCNCc1ccoc1COCCOCC. The van der Waals surface area contributed by atoms with Crippen LogP contribution in [0.25, 0.3) is 0 Å². The second kappa shape index (κ2) is 9.22. The molecule has 0 radical (unpaired) electrons. The number of hydrogen-bond acceptors (Lipinski definition) is 4. The first-order valence-corrected chi connectivity index (χ1v) is 6.29. The second-order valence-corrected chi connectivity index (χ2v) is 3.80. The van der Waals surface area contributed by atoms with Crippen molar-refractivity contribution in [2.75, 3.05) is 26.4 Å². The van der Waals surface area contributed by atoms with Crippen LogP contribution < -0.4 is 5.32 Å². The number of hydrogen-bond donors (Lipinski definition) is 1. The van der Waals surface area contributed by atoms with Crippen LogP contribution in [0.3, 0.4) is 0 Å². The van der Waals surface area contributed by atoms with E-state index in [-0.39, 0.29) is 0 Å². The minimum atomic E-state index is 0.517. The lowest BCUT2D eigenvalue weighted by atomic mass is 10.2. The van der Waals surface area contributed by atoms with Crippen molar-refractivity contribution >= 4 is 0 Å². The molecule has 1 N–H and O–H groups in total. The maximum absolute atomic E-state index is 5.48. The molecule has 17 heavy (non-hydrogen) atoms. The van der Waals surface area contributed by atoms with Gasteiger partial charge in [-0.3, -0.25) is 0 Å². The molecule has 0 saturated carbocycles. The molecule has 0 unspecified atom stereocenters. The topological polar surface area (TPSA) is 43.6 Å². The summed E-state index contributed by atoms with van der Waals surface area (Å²) in [6, 6.07) is 1.99. The zero-order valence-corrected chi connectivity index (χ0v) is 10.8. The Morgan fingerprint density at radius 2 is 2.06 bits per heavy atom. The molecule has 0 atom stereocenters. The van der Waals surface area contributed by atoms with Crippen LogP contribution in [0.1, 0.15) is 31.6 Å². The van der Waals surface area contributed by atoms with Crippen molar-refractivity contribution in [3.05, 3.63) is 23.7 Å². The van der Waals surface area contributed by atoms with Gasteiger partial charge in [0, 0.05) is 18.7 Å². The molecule has 0 amide bonds. The third kappa shape index (κ3) is 5.86. The third-order valence-corrected chi connectivity index (χ3v) is 2.39. The summed E-state index contributed by atoms with van der Waals surface area (Å²) in [5, 5.41) is 3.35. The molecule has 0 fully saturated rings. The lowest BCUT2D eigenvalue weighted by Crippen LogP contribution is -2.14. The molecule has 0 saturated heterocycles. The Hall–Kier alpha value is -0.840. The molecule has 4 nitrogen and oxygen atoms in total. The van der Waals surface area contributed by atoms with Crippen LogP contribution in [-0.2, 0) is 22.6 Å². The predicted molar refractivity (Wildman–Crippen MR) is 66.9 cm³/mol. The van der Waals surface area contributed by atoms with Gasteiger partial charge in [-0.2, -0.15) is 0 Å². The first-order chi connectivity index (χ1) is 8.38. The summed E-state index contributed by atoms with van der Waals surface area (Å²) in [6.45, 7) is 8.49. The van der Waals surface area contributed by atoms with Crippen LogP contribution in [0.4, 0.5) is 0 Å². The maximum atomic E-state index is 5.48. The van der Waals surface area contributed by atoms with Gasteiger partial charge in [-0.1, -0.05) is 6.92 Å². The molecule has 0 aromatic carbocycles. The van der Waals surface area contributed by atoms with E-state index in [1.165, 1.54) is 5.56 Å². The van der Waals surface area contributed by atoms with Gasteiger partial charge in [-0.05, 0) is 26.0 Å². The fourth-order valence-corrected chi connectivity index (χ4v) is 1.48. The van der Waals surface area contributed by atoms with E-state index < -0.39 is 0 Å². The van der Waals surface area contributed by atoms with Gasteiger partial charge in [-0.25, -0.2) is 0 Å². The number of ether oxygens (including phenoxy) is 2. The average Bonchev–Trinajstić information content (AvgIpc) is 2.77. The molecule has 1 heterocycles. The van der Waals surface area contributed by atoms with E-state index in [0.29, 0.717) is 19.8 Å². The largest absolute Gasteiger partial charge is 0.467 e. The standard InChI is InChI=1S/C13H23NO3/c1-3-6-14-10-12-5-7-17-13(12)11-16-9-8-15-4-2/h5,7,14H,3-4,6,8-11H2,1-2H3. The quantitative estimate of drug-likeness (QED) is 0.638. The molecule has 1 aromatic rings. The summed E-state index contributed by atoms with van der Waals surface area (Å²) in [4.78, 5) is 0. The highest BCUT2D eigenvalue weighted by Gasteiger charge is 2.05. The molecule has 0 spiro atoms. The number of furan rings is 1. The minimum Gasteiger partial charge on any atom is -0.467 e. The molecule has 0 aliphatic heterocycles. The fourth-order valence-electron chi connectivity index (χ4n) is 1.48.